The molecule has 1 heterocycles. The molecule has 116 valence electrons. The van der Waals surface area contributed by atoms with Crippen LogP contribution in [0.25, 0.3) is 0 Å². The van der Waals surface area contributed by atoms with Crippen molar-refractivity contribution in [1.82, 2.24) is 0 Å². The topological polar surface area (TPSA) is 24.7 Å². The molecule has 3 rings (SSSR count). The fourth-order valence-electron chi connectivity index (χ4n) is 1.81. The van der Waals surface area contributed by atoms with Gasteiger partial charge in [0.2, 0.25) is 0 Å². The maximum atomic E-state index is 4.47. The Morgan fingerprint density at radius 3 is 1.39 bits per heavy atom. The minimum absolute atomic E-state index is 0.957. The minimum Gasteiger partial charge on any atom is -0.245 e. The van der Waals surface area contributed by atoms with Crippen LogP contribution in [0.15, 0.2) is 82.8 Å². The van der Waals surface area contributed by atoms with Gasteiger partial charge >= 0.3 is 0 Å². The number of hydrogen-bond donors (Lipinski definition) is 0. The Labute approximate surface area is 141 Å². The van der Waals surface area contributed by atoms with Crippen LogP contribution in [0, 0.1) is 0 Å². The Bertz CT molecular complexity index is 680. The van der Waals surface area contributed by atoms with E-state index in [1.165, 1.54) is 0 Å². The first-order valence-corrected chi connectivity index (χ1v) is 8.50. The van der Waals surface area contributed by atoms with Gasteiger partial charge in [-0.05, 0) is 23.3 Å². The molecular formula is C20H20N2S. The average molecular weight is 320 g/mol. The van der Waals surface area contributed by atoms with Gasteiger partial charge in [0.15, 0.2) is 0 Å². The van der Waals surface area contributed by atoms with Crippen molar-refractivity contribution in [3.63, 3.8) is 0 Å². The smallest absolute Gasteiger partial charge is 0.118 e. The minimum atomic E-state index is 0.957. The highest BCUT2D eigenvalue weighted by Crippen LogP contribution is 2.31. The zero-order valence-corrected chi connectivity index (χ0v) is 14.2. The van der Waals surface area contributed by atoms with Crippen molar-refractivity contribution in [3.05, 3.63) is 83.9 Å². The molecule has 1 aromatic heterocycles. The molecule has 0 spiro atoms. The lowest BCUT2D eigenvalue weighted by Crippen LogP contribution is -1.76. The predicted molar refractivity (Wildman–Crippen MR) is 103 cm³/mol. The molecule has 0 aliphatic heterocycles. The van der Waals surface area contributed by atoms with Gasteiger partial charge in [-0.3, -0.25) is 0 Å². The normalized spacial score (nSPS) is 10.7. The summed E-state index contributed by atoms with van der Waals surface area (Å²) < 4.78 is 0. The Kier molecular flexibility index (Phi) is 6.95. The molecule has 0 fully saturated rings. The number of aliphatic imine (C=N–C) groups is 2. The van der Waals surface area contributed by atoms with E-state index in [9.17, 15) is 0 Å². The molecule has 0 saturated carbocycles. The summed E-state index contributed by atoms with van der Waals surface area (Å²) in [5.74, 6) is 0. The van der Waals surface area contributed by atoms with Crippen molar-refractivity contribution >= 4 is 33.8 Å². The summed E-state index contributed by atoms with van der Waals surface area (Å²) in [4.78, 5) is 8.94. The first kappa shape index (κ1) is 16.8. The highest BCUT2D eigenvalue weighted by atomic mass is 32.1. The summed E-state index contributed by atoms with van der Waals surface area (Å²) in [6.45, 7) is 4.00. The van der Waals surface area contributed by atoms with E-state index in [4.69, 9.17) is 0 Å². The second kappa shape index (κ2) is 9.49. The third kappa shape index (κ3) is 5.64. The summed E-state index contributed by atoms with van der Waals surface area (Å²) in [6.07, 6.45) is 3.74. The SMILES string of the molecule is C(=N\c1ccc(/N=C/c2ccccc2)s1)/c1ccccc1.CC. The molecule has 2 nitrogen and oxygen atoms in total. The van der Waals surface area contributed by atoms with Crippen LogP contribution in [-0.2, 0) is 0 Å². The second-order valence-electron chi connectivity index (χ2n) is 4.45. The van der Waals surface area contributed by atoms with Crippen LogP contribution in [0.4, 0.5) is 10.0 Å². The highest BCUT2D eigenvalue weighted by molar-refractivity contribution is 7.19. The number of hydrogen-bond acceptors (Lipinski definition) is 3. The van der Waals surface area contributed by atoms with Crippen LogP contribution in [0.1, 0.15) is 25.0 Å². The van der Waals surface area contributed by atoms with Crippen molar-refractivity contribution in [3.8, 4) is 0 Å². The van der Waals surface area contributed by atoms with Gasteiger partial charge in [-0.15, -0.1) is 0 Å². The molecular weight excluding hydrogens is 300 g/mol. The highest BCUT2D eigenvalue weighted by Gasteiger charge is 1.96. The molecule has 0 N–H and O–H groups in total. The third-order valence-corrected chi connectivity index (χ3v) is 3.76. The molecule has 3 aromatic rings. The number of rotatable bonds is 4. The van der Waals surface area contributed by atoms with E-state index in [2.05, 4.69) is 9.98 Å². The summed E-state index contributed by atoms with van der Waals surface area (Å²) in [5.41, 5.74) is 2.19. The van der Waals surface area contributed by atoms with Crippen LogP contribution in [0.5, 0.6) is 0 Å². The summed E-state index contributed by atoms with van der Waals surface area (Å²) in [7, 11) is 0. The van der Waals surface area contributed by atoms with Crippen molar-refractivity contribution < 1.29 is 0 Å². The van der Waals surface area contributed by atoms with E-state index < -0.39 is 0 Å². The van der Waals surface area contributed by atoms with Gasteiger partial charge in [0, 0.05) is 12.4 Å². The van der Waals surface area contributed by atoms with E-state index >= 15 is 0 Å². The van der Waals surface area contributed by atoms with Crippen LogP contribution in [0.3, 0.4) is 0 Å². The lowest BCUT2D eigenvalue weighted by Gasteiger charge is -1.90. The number of thiophene rings is 1. The van der Waals surface area contributed by atoms with Gasteiger partial charge in [-0.2, -0.15) is 0 Å². The molecule has 23 heavy (non-hydrogen) atoms. The molecule has 0 amide bonds. The first-order chi connectivity index (χ1) is 11.4. The van der Waals surface area contributed by atoms with Gasteiger partial charge in [0.05, 0.1) is 0 Å². The van der Waals surface area contributed by atoms with E-state index in [0.29, 0.717) is 0 Å². The van der Waals surface area contributed by atoms with E-state index in [-0.39, 0.29) is 0 Å². The van der Waals surface area contributed by atoms with Crippen LogP contribution in [-0.4, -0.2) is 12.4 Å². The molecule has 0 bridgehead atoms. The van der Waals surface area contributed by atoms with Crippen LogP contribution < -0.4 is 0 Å². The van der Waals surface area contributed by atoms with E-state index in [1.807, 2.05) is 99.1 Å². The van der Waals surface area contributed by atoms with Gasteiger partial charge in [-0.1, -0.05) is 85.8 Å². The first-order valence-electron chi connectivity index (χ1n) is 7.68. The van der Waals surface area contributed by atoms with Gasteiger partial charge in [0.1, 0.15) is 10.0 Å². The molecule has 0 aliphatic carbocycles. The van der Waals surface area contributed by atoms with Crippen molar-refractivity contribution in [2.45, 2.75) is 13.8 Å². The summed E-state index contributed by atoms with van der Waals surface area (Å²) >= 11 is 1.58. The Hall–Kier alpha value is -2.52. The molecule has 0 saturated heterocycles. The maximum absolute atomic E-state index is 4.47. The average Bonchev–Trinajstić information content (AvgIpc) is 3.10. The van der Waals surface area contributed by atoms with Crippen molar-refractivity contribution in [2.24, 2.45) is 9.98 Å². The molecule has 2 aromatic carbocycles. The molecule has 0 unspecified atom stereocenters. The zero-order valence-electron chi connectivity index (χ0n) is 13.4. The predicted octanol–water partition coefficient (Wildman–Crippen LogP) is 6.28. The molecule has 0 atom stereocenters. The van der Waals surface area contributed by atoms with Gasteiger partial charge in [-0.25, -0.2) is 9.98 Å². The lowest BCUT2D eigenvalue weighted by atomic mass is 10.2. The summed E-state index contributed by atoms with van der Waals surface area (Å²) in [6, 6.07) is 24.1. The fourth-order valence-corrected chi connectivity index (χ4v) is 2.51. The standard InChI is InChI=1S/C18H14N2S.C2H6/c1-3-7-15(8-4-1)13-19-17-11-12-18(21-17)20-14-16-9-5-2-6-10-16;1-2/h1-14H;1-2H3/b19-13+,20-14+;. The van der Waals surface area contributed by atoms with Crippen LogP contribution >= 0.6 is 11.3 Å². The van der Waals surface area contributed by atoms with Crippen molar-refractivity contribution in [1.29, 1.82) is 0 Å². The zero-order chi connectivity index (χ0) is 16.3. The maximum Gasteiger partial charge on any atom is 0.118 e. The molecule has 0 aliphatic rings. The largest absolute Gasteiger partial charge is 0.245 e. The number of benzene rings is 2. The van der Waals surface area contributed by atoms with Gasteiger partial charge in [0.25, 0.3) is 0 Å². The van der Waals surface area contributed by atoms with E-state index in [1.54, 1.807) is 11.3 Å². The third-order valence-electron chi connectivity index (χ3n) is 2.86. The Balaban J connectivity index is 0.000000924. The summed E-state index contributed by atoms with van der Waals surface area (Å²) in [5, 5.41) is 1.91. The second-order valence-corrected chi connectivity index (χ2v) is 5.49. The van der Waals surface area contributed by atoms with Gasteiger partial charge < -0.3 is 0 Å². The molecule has 0 radical (unpaired) electrons. The Morgan fingerprint density at radius 2 is 1.00 bits per heavy atom. The van der Waals surface area contributed by atoms with Crippen molar-refractivity contribution in [2.75, 3.05) is 0 Å². The lowest BCUT2D eigenvalue weighted by molar-refractivity contribution is 1.50. The van der Waals surface area contributed by atoms with Crippen LogP contribution in [0.2, 0.25) is 0 Å². The van der Waals surface area contributed by atoms with E-state index in [0.717, 1.165) is 21.1 Å². The quantitative estimate of drug-likeness (QED) is 0.506. The fraction of sp³-hybridized carbons (Fsp3) is 0.100. The molecule has 3 heteroatoms. The Morgan fingerprint density at radius 1 is 0.609 bits per heavy atom. The monoisotopic (exact) mass is 320 g/mol. The number of nitrogens with zero attached hydrogens (tertiary/aromatic N) is 2.